The Bertz CT molecular complexity index is 3900. The van der Waals surface area contributed by atoms with Crippen LogP contribution in [0.25, 0.3) is 43.8 Å². The minimum Gasteiger partial charge on any atom is -0.458 e. The van der Waals surface area contributed by atoms with E-state index in [4.69, 9.17) is 4.74 Å². The highest BCUT2D eigenvalue weighted by Gasteiger charge is 2.43. The van der Waals surface area contributed by atoms with Crippen LogP contribution in [-0.4, -0.2) is 6.71 Å². The zero-order valence-corrected chi connectivity index (χ0v) is 39.9. The number of benzene rings is 12. The first-order chi connectivity index (χ1) is 36.2. The van der Waals surface area contributed by atoms with Gasteiger partial charge in [-0.2, -0.15) is 0 Å². The minimum absolute atomic E-state index is 0.146. The summed E-state index contributed by atoms with van der Waals surface area (Å²) in [5, 5.41) is 4.74. The smallest absolute Gasteiger partial charge is 0.256 e. The molecule has 0 amide bonds. The van der Waals surface area contributed by atoms with Crippen molar-refractivity contribution in [2.45, 2.75) is 0 Å². The maximum Gasteiger partial charge on any atom is 0.256 e. The van der Waals surface area contributed by atoms with Crippen LogP contribution < -0.4 is 35.8 Å². The molecule has 5 heteroatoms. The van der Waals surface area contributed by atoms with Crippen LogP contribution in [0, 0.1) is 0 Å². The Morgan fingerprint density at radius 2 is 0.753 bits per heavy atom. The molecule has 0 spiro atoms. The van der Waals surface area contributed by atoms with Gasteiger partial charge in [0.05, 0.1) is 5.69 Å². The lowest BCUT2D eigenvalue weighted by molar-refractivity contribution is 0.488. The Morgan fingerprint density at radius 1 is 0.288 bits per heavy atom. The molecule has 0 aliphatic carbocycles. The Hall–Kier alpha value is -9.58. The Morgan fingerprint density at radius 3 is 1.36 bits per heavy atom. The fourth-order valence-corrected chi connectivity index (χ4v) is 11.2. The van der Waals surface area contributed by atoms with Gasteiger partial charge in [-0.15, -0.1) is 0 Å². The highest BCUT2D eigenvalue weighted by atomic mass is 16.5. The molecule has 0 radical (unpaired) electrons. The highest BCUT2D eigenvalue weighted by molar-refractivity contribution is 6.99. The lowest BCUT2D eigenvalue weighted by Crippen LogP contribution is -2.59. The first-order valence-electron chi connectivity index (χ1n) is 25.0. The summed E-state index contributed by atoms with van der Waals surface area (Å²) in [5.74, 6) is 1.65. The molecule has 0 saturated heterocycles. The van der Waals surface area contributed by atoms with Gasteiger partial charge in [0.15, 0.2) is 0 Å². The fourth-order valence-electron chi connectivity index (χ4n) is 11.2. The molecule has 0 atom stereocenters. The van der Waals surface area contributed by atoms with E-state index in [2.05, 4.69) is 294 Å². The van der Waals surface area contributed by atoms with Crippen LogP contribution in [0.1, 0.15) is 0 Å². The molecule has 0 aromatic heterocycles. The normalized spacial score (nSPS) is 12.2. The third-order valence-corrected chi connectivity index (χ3v) is 14.6. The number of rotatable bonds is 9. The molecule has 0 N–H and O–H groups in total. The van der Waals surface area contributed by atoms with Crippen molar-refractivity contribution in [2.24, 2.45) is 0 Å². The third-order valence-electron chi connectivity index (χ3n) is 14.6. The van der Waals surface area contributed by atoms with Gasteiger partial charge in [0.25, 0.3) is 6.71 Å². The molecule has 342 valence electrons. The molecule has 0 saturated carbocycles. The van der Waals surface area contributed by atoms with Crippen molar-refractivity contribution in [3.63, 3.8) is 0 Å². The second kappa shape index (κ2) is 17.7. The molecule has 0 fully saturated rings. The molecule has 2 aliphatic rings. The highest BCUT2D eigenvalue weighted by Crippen LogP contribution is 2.48. The van der Waals surface area contributed by atoms with Crippen molar-refractivity contribution in [2.75, 3.05) is 14.7 Å². The second-order valence-corrected chi connectivity index (χ2v) is 18.9. The summed E-state index contributed by atoms with van der Waals surface area (Å²) in [7, 11) is 0. The van der Waals surface area contributed by atoms with E-state index >= 15 is 0 Å². The molecular formula is C68H46BN3O. The van der Waals surface area contributed by atoms with Gasteiger partial charge in [-0.25, -0.2) is 0 Å². The number of nitrogens with zero attached hydrogens (tertiary/aromatic N) is 3. The molecule has 2 heterocycles. The van der Waals surface area contributed by atoms with Gasteiger partial charge in [-0.3, -0.25) is 0 Å². The zero-order valence-electron chi connectivity index (χ0n) is 39.9. The van der Waals surface area contributed by atoms with Crippen LogP contribution in [0.15, 0.2) is 279 Å². The van der Waals surface area contributed by atoms with Crippen molar-refractivity contribution in [3.8, 4) is 33.8 Å². The number of hydrogen-bond donors (Lipinski definition) is 0. The number of fused-ring (bicyclic) bond motifs is 6. The summed E-state index contributed by atoms with van der Waals surface area (Å²) < 4.78 is 7.50. The average Bonchev–Trinajstić information content (AvgIpc) is 3.46. The van der Waals surface area contributed by atoms with Gasteiger partial charge in [0, 0.05) is 57.6 Å². The quantitative estimate of drug-likeness (QED) is 0.134. The van der Waals surface area contributed by atoms with Crippen LogP contribution in [0.2, 0.25) is 0 Å². The van der Waals surface area contributed by atoms with Crippen molar-refractivity contribution < 1.29 is 4.74 Å². The zero-order chi connectivity index (χ0) is 48.2. The van der Waals surface area contributed by atoms with Gasteiger partial charge in [0.1, 0.15) is 11.5 Å². The lowest BCUT2D eigenvalue weighted by Gasteiger charge is -2.41. The Balaban J connectivity index is 1.03. The van der Waals surface area contributed by atoms with Crippen molar-refractivity contribution in [1.29, 1.82) is 0 Å². The van der Waals surface area contributed by atoms with Crippen molar-refractivity contribution >= 4 is 95.8 Å². The lowest BCUT2D eigenvalue weighted by atomic mass is 9.34. The van der Waals surface area contributed by atoms with Crippen molar-refractivity contribution in [1.82, 2.24) is 0 Å². The SMILES string of the molecule is c1ccc(-c2ccc(N3c4ccc(-c5ccccc5)cc4B4c5ccc(N(c6ccccc6)c6ccccc6)cc5Oc5cc(N(c6ccc7ccccc7c6)c6ccc7ccccc7c6)cc3c54)cc2)cc1. The maximum absolute atomic E-state index is 7.50. The first-order valence-corrected chi connectivity index (χ1v) is 25.0. The summed E-state index contributed by atoms with van der Waals surface area (Å²) in [6, 6.07) is 101. The Kier molecular flexibility index (Phi) is 10.2. The largest absolute Gasteiger partial charge is 0.458 e. The number of para-hydroxylation sites is 2. The number of hydrogen-bond acceptors (Lipinski definition) is 4. The summed E-state index contributed by atoms with van der Waals surface area (Å²) in [4.78, 5) is 7.18. The molecule has 73 heavy (non-hydrogen) atoms. The van der Waals surface area contributed by atoms with Crippen LogP contribution in [-0.2, 0) is 0 Å². The molecule has 2 aliphatic heterocycles. The van der Waals surface area contributed by atoms with Gasteiger partial charge in [-0.1, -0.05) is 188 Å². The van der Waals surface area contributed by atoms with Gasteiger partial charge < -0.3 is 19.4 Å². The monoisotopic (exact) mass is 931 g/mol. The van der Waals surface area contributed by atoms with Gasteiger partial charge >= 0.3 is 0 Å². The van der Waals surface area contributed by atoms with Crippen LogP contribution in [0.5, 0.6) is 11.5 Å². The van der Waals surface area contributed by atoms with E-state index in [0.717, 1.165) is 73.6 Å². The summed E-state index contributed by atoms with van der Waals surface area (Å²) in [6.45, 7) is -0.146. The van der Waals surface area contributed by atoms with Crippen LogP contribution >= 0.6 is 0 Å². The van der Waals surface area contributed by atoms with Crippen molar-refractivity contribution in [3.05, 3.63) is 279 Å². The molecule has 12 aromatic rings. The second-order valence-electron chi connectivity index (χ2n) is 18.9. The molecule has 0 bridgehead atoms. The topological polar surface area (TPSA) is 19.0 Å². The van der Waals surface area contributed by atoms with E-state index in [9.17, 15) is 0 Å². The van der Waals surface area contributed by atoms with E-state index < -0.39 is 0 Å². The molecule has 0 unspecified atom stereocenters. The van der Waals surface area contributed by atoms with Gasteiger partial charge in [0.2, 0.25) is 0 Å². The summed E-state index contributed by atoms with van der Waals surface area (Å²) in [6.07, 6.45) is 0. The fraction of sp³-hybridized carbons (Fsp3) is 0. The third kappa shape index (κ3) is 7.49. The molecule has 4 nitrogen and oxygen atoms in total. The van der Waals surface area contributed by atoms with E-state index in [1.54, 1.807) is 0 Å². The maximum atomic E-state index is 7.50. The summed E-state index contributed by atoms with van der Waals surface area (Å²) >= 11 is 0. The minimum atomic E-state index is -0.146. The van der Waals surface area contributed by atoms with E-state index in [1.165, 1.54) is 49.3 Å². The standard InChI is InChI=1S/C68H46BN3O/c1-5-17-47(18-6-1)51-29-34-57(35-30-51)72-64-40-33-54(48-19-7-2-8-20-48)43-63(64)69-62-39-38-60(70(55-25-9-3-10-26-55)56-27-11-4-12-28-56)45-66(62)73-67-46-61(44-65(72)68(67)69)71(58-36-31-49-21-13-15-23-52(49)41-58)59-37-32-50-22-14-16-24-53(50)42-59/h1-46H. The average molecular weight is 932 g/mol. The van der Waals surface area contributed by atoms with E-state index in [-0.39, 0.29) is 6.71 Å². The number of ether oxygens (including phenoxy) is 1. The van der Waals surface area contributed by atoms with Crippen LogP contribution in [0.4, 0.5) is 51.2 Å². The molecule has 14 rings (SSSR count). The number of anilines is 9. The predicted octanol–water partition coefficient (Wildman–Crippen LogP) is 16.7. The van der Waals surface area contributed by atoms with Gasteiger partial charge in [-0.05, 0) is 139 Å². The first kappa shape index (κ1) is 42.3. The van der Waals surface area contributed by atoms with Crippen LogP contribution in [0.3, 0.4) is 0 Å². The van der Waals surface area contributed by atoms with E-state index in [1.807, 2.05) is 0 Å². The Labute approximate surface area is 426 Å². The summed E-state index contributed by atoms with van der Waals surface area (Å²) in [5.41, 5.74) is 17.7. The predicted molar refractivity (Wildman–Crippen MR) is 308 cm³/mol. The van der Waals surface area contributed by atoms with E-state index in [0.29, 0.717) is 0 Å². The molecular weight excluding hydrogens is 886 g/mol. The molecule has 12 aromatic carbocycles.